The number of hydrogen-bond acceptors (Lipinski definition) is 5. The number of nitrogens with one attached hydrogen (secondary N) is 1. The Labute approximate surface area is 197 Å². The smallest absolute Gasteiger partial charge is 0.271 e. The minimum Gasteiger partial charge on any atom is -0.352 e. The number of carbonyl (C=O) groups excluding carboxylic acids is 1. The average Bonchev–Trinajstić information content (AvgIpc) is 2.79. The van der Waals surface area contributed by atoms with E-state index in [1.807, 2.05) is 0 Å². The van der Waals surface area contributed by atoms with Crippen molar-refractivity contribution in [2.75, 3.05) is 17.1 Å². The second-order valence-corrected chi connectivity index (χ2v) is 9.73. The first kappa shape index (κ1) is 24.8. The average molecular weight is 486 g/mol. The molecule has 0 saturated heterocycles. The van der Waals surface area contributed by atoms with Crippen LogP contribution in [0.3, 0.4) is 0 Å². The van der Waals surface area contributed by atoms with E-state index in [0.29, 0.717) is 29.7 Å². The molecule has 0 radical (unpaired) electrons. The van der Waals surface area contributed by atoms with Crippen molar-refractivity contribution in [1.82, 2.24) is 5.32 Å². The second-order valence-electron chi connectivity index (χ2n) is 7.83. The summed E-state index contributed by atoms with van der Waals surface area (Å²) >= 11 is 0. The largest absolute Gasteiger partial charge is 0.352 e. The number of nitro benzene ring substituents is 1. The van der Waals surface area contributed by atoms with Gasteiger partial charge in [-0.15, -0.1) is 0 Å². The Hall–Kier alpha value is -3.79. The van der Waals surface area contributed by atoms with Gasteiger partial charge in [0.15, 0.2) is 0 Å². The Bertz CT molecular complexity index is 1290. The molecule has 0 aromatic heterocycles. The molecule has 1 N–H and O–H groups in total. The number of halogens is 1. The van der Waals surface area contributed by atoms with Crippen molar-refractivity contribution in [3.8, 4) is 0 Å². The van der Waals surface area contributed by atoms with E-state index in [1.165, 1.54) is 30.3 Å². The lowest BCUT2D eigenvalue weighted by atomic mass is 10.1. The molecule has 0 heterocycles. The van der Waals surface area contributed by atoms with Crippen LogP contribution in [0.4, 0.5) is 15.8 Å². The fourth-order valence-electron chi connectivity index (χ4n) is 3.36. The topological polar surface area (TPSA) is 110 Å². The number of sulfonamides is 1. The standard InChI is InChI=1S/C24H24FN3O5S/c1-17-3-12-22(28(30)31)15-23(17)27(34(2,32)33)16-19-4-8-20(9-5-19)24(29)26-14-13-18-6-10-21(25)11-7-18/h3-12,15H,13-14,16H2,1-2H3,(H,26,29). The lowest BCUT2D eigenvalue weighted by molar-refractivity contribution is -0.384. The van der Waals surface area contributed by atoms with Crippen LogP contribution in [0.2, 0.25) is 0 Å². The minimum atomic E-state index is -3.74. The summed E-state index contributed by atoms with van der Waals surface area (Å²) in [7, 11) is -3.74. The van der Waals surface area contributed by atoms with Crippen LogP contribution in [0.25, 0.3) is 0 Å². The number of amides is 1. The Morgan fingerprint density at radius 2 is 1.65 bits per heavy atom. The van der Waals surface area contributed by atoms with E-state index in [1.54, 1.807) is 43.3 Å². The van der Waals surface area contributed by atoms with Crippen molar-refractivity contribution in [1.29, 1.82) is 0 Å². The van der Waals surface area contributed by atoms with Crippen molar-refractivity contribution in [2.45, 2.75) is 19.9 Å². The summed E-state index contributed by atoms with van der Waals surface area (Å²) in [4.78, 5) is 23.0. The van der Waals surface area contributed by atoms with E-state index in [4.69, 9.17) is 0 Å². The maximum absolute atomic E-state index is 13.0. The molecule has 0 spiro atoms. The Balaban J connectivity index is 1.70. The second kappa shape index (κ2) is 10.4. The first-order valence-electron chi connectivity index (χ1n) is 10.4. The molecule has 0 saturated carbocycles. The number of aryl methyl sites for hydroxylation is 1. The molecular formula is C24H24FN3O5S. The van der Waals surface area contributed by atoms with Crippen LogP contribution in [-0.4, -0.2) is 32.0 Å². The fourth-order valence-corrected chi connectivity index (χ4v) is 4.30. The SMILES string of the molecule is Cc1ccc([N+](=O)[O-])cc1N(Cc1ccc(C(=O)NCCc2ccc(F)cc2)cc1)S(C)(=O)=O. The monoisotopic (exact) mass is 485 g/mol. The molecule has 3 aromatic rings. The van der Waals surface area contributed by atoms with Gasteiger partial charge in [-0.2, -0.15) is 0 Å². The summed E-state index contributed by atoms with van der Waals surface area (Å²) < 4.78 is 39.0. The molecule has 0 aliphatic carbocycles. The van der Waals surface area contributed by atoms with Crippen LogP contribution in [0.1, 0.15) is 27.0 Å². The predicted octanol–water partition coefficient (Wildman–Crippen LogP) is 3.98. The number of benzene rings is 3. The third-order valence-electron chi connectivity index (χ3n) is 5.23. The Morgan fingerprint density at radius 3 is 2.24 bits per heavy atom. The zero-order valence-corrected chi connectivity index (χ0v) is 19.5. The molecule has 178 valence electrons. The van der Waals surface area contributed by atoms with Crippen molar-refractivity contribution < 1.29 is 22.5 Å². The van der Waals surface area contributed by atoms with E-state index in [9.17, 15) is 27.7 Å². The molecule has 3 rings (SSSR count). The lowest BCUT2D eigenvalue weighted by Gasteiger charge is -2.24. The van der Waals surface area contributed by atoms with Crippen molar-refractivity contribution in [2.24, 2.45) is 0 Å². The van der Waals surface area contributed by atoms with Gasteiger partial charge < -0.3 is 5.32 Å². The maximum atomic E-state index is 13.0. The number of hydrogen-bond donors (Lipinski definition) is 1. The molecule has 0 fully saturated rings. The van der Waals surface area contributed by atoms with E-state index in [2.05, 4.69) is 5.32 Å². The molecule has 0 aliphatic rings. The number of nitro groups is 1. The first-order valence-corrected chi connectivity index (χ1v) is 12.2. The van der Waals surface area contributed by atoms with Crippen LogP contribution < -0.4 is 9.62 Å². The lowest BCUT2D eigenvalue weighted by Crippen LogP contribution is -2.30. The zero-order chi connectivity index (χ0) is 24.9. The van der Waals surface area contributed by atoms with Crippen molar-refractivity contribution in [3.05, 3.63) is 105 Å². The number of non-ortho nitro benzene ring substituents is 1. The molecule has 0 unspecified atom stereocenters. The quantitative estimate of drug-likeness (QED) is 0.364. The Morgan fingerprint density at radius 1 is 1.03 bits per heavy atom. The fraction of sp³-hybridized carbons (Fsp3) is 0.208. The van der Waals surface area contributed by atoms with Crippen molar-refractivity contribution in [3.63, 3.8) is 0 Å². The molecule has 0 atom stereocenters. The number of nitrogens with zero attached hydrogens (tertiary/aromatic N) is 2. The van der Waals surface area contributed by atoms with E-state index >= 15 is 0 Å². The normalized spacial score (nSPS) is 11.1. The van der Waals surface area contributed by atoms with Gasteiger partial charge in [0.25, 0.3) is 11.6 Å². The summed E-state index contributed by atoms with van der Waals surface area (Å²) in [5.41, 5.74) is 2.50. The molecular weight excluding hydrogens is 461 g/mol. The van der Waals surface area contributed by atoms with Gasteiger partial charge in [0.1, 0.15) is 5.82 Å². The van der Waals surface area contributed by atoms with Crippen LogP contribution in [0.15, 0.2) is 66.7 Å². The summed E-state index contributed by atoms with van der Waals surface area (Å²) in [5, 5.41) is 13.9. The van der Waals surface area contributed by atoms with Crippen LogP contribution in [0.5, 0.6) is 0 Å². The van der Waals surface area contributed by atoms with Gasteiger partial charge in [-0.25, -0.2) is 12.8 Å². The molecule has 8 nitrogen and oxygen atoms in total. The van der Waals surface area contributed by atoms with Gasteiger partial charge in [-0.3, -0.25) is 19.2 Å². The Kier molecular flexibility index (Phi) is 7.62. The highest BCUT2D eigenvalue weighted by molar-refractivity contribution is 7.92. The van der Waals surface area contributed by atoms with E-state index in [0.717, 1.165) is 16.1 Å². The molecule has 3 aromatic carbocycles. The third kappa shape index (κ3) is 6.38. The number of anilines is 1. The molecule has 1 amide bonds. The third-order valence-corrected chi connectivity index (χ3v) is 6.35. The van der Waals surface area contributed by atoms with Gasteiger partial charge in [0.2, 0.25) is 10.0 Å². The summed E-state index contributed by atoms with van der Waals surface area (Å²) in [5.74, 6) is -0.605. The van der Waals surface area contributed by atoms with Crippen LogP contribution >= 0.6 is 0 Å². The van der Waals surface area contributed by atoms with Gasteiger partial charge in [-0.05, 0) is 54.3 Å². The number of rotatable bonds is 9. The minimum absolute atomic E-state index is 0.0483. The highest BCUT2D eigenvalue weighted by Gasteiger charge is 2.22. The summed E-state index contributed by atoms with van der Waals surface area (Å²) in [6.45, 7) is 2.00. The van der Waals surface area contributed by atoms with Crippen molar-refractivity contribution >= 4 is 27.3 Å². The van der Waals surface area contributed by atoms with Gasteiger partial charge >= 0.3 is 0 Å². The van der Waals surface area contributed by atoms with Gasteiger partial charge in [0.05, 0.1) is 23.4 Å². The van der Waals surface area contributed by atoms with Gasteiger partial charge in [0, 0.05) is 24.2 Å². The summed E-state index contributed by atoms with van der Waals surface area (Å²) in [6.07, 6.45) is 1.59. The molecule has 0 bridgehead atoms. The van der Waals surface area contributed by atoms with Crippen LogP contribution in [0, 0.1) is 22.9 Å². The highest BCUT2D eigenvalue weighted by atomic mass is 32.2. The maximum Gasteiger partial charge on any atom is 0.271 e. The zero-order valence-electron chi connectivity index (χ0n) is 18.7. The molecule has 0 aliphatic heterocycles. The van der Waals surface area contributed by atoms with E-state index < -0.39 is 14.9 Å². The molecule has 10 heteroatoms. The first-order chi connectivity index (χ1) is 16.0. The van der Waals surface area contributed by atoms with Crippen LogP contribution in [-0.2, 0) is 23.0 Å². The summed E-state index contributed by atoms with van der Waals surface area (Å²) in [6, 6.07) is 16.6. The van der Waals surface area contributed by atoms with Gasteiger partial charge in [-0.1, -0.05) is 30.3 Å². The predicted molar refractivity (Wildman–Crippen MR) is 128 cm³/mol. The highest BCUT2D eigenvalue weighted by Crippen LogP contribution is 2.29. The molecule has 34 heavy (non-hydrogen) atoms. The van der Waals surface area contributed by atoms with E-state index in [-0.39, 0.29) is 29.6 Å². The number of carbonyl (C=O) groups is 1.